The Kier molecular flexibility index (Phi) is 3.83. The maximum absolute atomic E-state index is 5.63. The predicted molar refractivity (Wildman–Crippen MR) is 78.0 cm³/mol. The highest BCUT2D eigenvalue weighted by Gasteiger charge is 2.10. The van der Waals surface area contributed by atoms with Crippen molar-refractivity contribution >= 4 is 27.7 Å². The molecule has 0 saturated carbocycles. The molecule has 0 bridgehead atoms. The van der Waals surface area contributed by atoms with Crippen molar-refractivity contribution in [3.63, 3.8) is 0 Å². The lowest BCUT2D eigenvalue weighted by atomic mass is 10.2. The van der Waals surface area contributed by atoms with E-state index in [0.717, 1.165) is 15.2 Å². The highest BCUT2D eigenvalue weighted by molar-refractivity contribution is 9.10. The first-order valence-corrected chi connectivity index (χ1v) is 7.55. The summed E-state index contributed by atoms with van der Waals surface area (Å²) in [6.07, 6.45) is 1.66. The van der Waals surface area contributed by atoms with E-state index in [1.165, 1.54) is 11.8 Å². The highest BCUT2D eigenvalue weighted by atomic mass is 79.9. The summed E-state index contributed by atoms with van der Waals surface area (Å²) in [6.45, 7) is 0. The summed E-state index contributed by atoms with van der Waals surface area (Å²) < 4.78 is 8.49. The molecular weight excluding hydrogens is 342 g/mol. The summed E-state index contributed by atoms with van der Waals surface area (Å²) in [6, 6.07) is 7.73. The van der Waals surface area contributed by atoms with Gasteiger partial charge in [0.05, 0.1) is 5.75 Å². The Labute approximate surface area is 127 Å². The van der Waals surface area contributed by atoms with Gasteiger partial charge in [0.2, 0.25) is 11.8 Å². The zero-order chi connectivity index (χ0) is 13.9. The Morgan fingerprint density at radius 1 is 1.20 bits per heavy atom. The summed E-state index contributed by atoms with van der Waals surface area (Å²) in [4.78, 5) is 0. The topological polar surface area (TPSA) is 69.6 Å². The molecule has 0 radical (unpaired) electrons. The van der Waals surface area contributed by atoms with Crippen LogP contribution < -0.4 is 0 Å². The number of hydrogen-bond acceptors (Lipinski definition) is 6. The molecule has 0 saturated heterocycles. The molecule has 0 N–H and O–H groups in total. The zero-order valence-electron chi connectivity index (χ0n) is 10.5. The van der Waals surface area contributed by atoms with Gasteiger partial charge in [-0.2, -0.15) is 0 Å². The molecule has 2 aromatic heterocycles. The van der Waals surface area contributed by atoms with Crippen molar-refractivity contribution in [2.75, 3.05) is 0 Å². The van der Waals surface area contributed by atoms with E-state index in [9.17, 15) is 0 Å². The molecule has 0 aliphatic rings. The van der Waals surface area contributed by atoms with Crippen LogP contribution in [0.4, 0.5) is 0 Å². The number of hydrogen-bond donors (Lipinski definition) is 0. The van der Waals surface area contributed by atoms with Crippen molar-refractivity contribution in [2.45, 2.75) is 10.9 Å². The quantitative estimate of drug-likeness (QED) is 0.673. The first-order chi connectivity index (χ1) is 9.72. The largest absolute Gasteiger partial charge is 0.420 e. The Bertz CT molecular complexity index is 709. The fourth-order valence-corrected chi connectivity index (χ4v) is 2.54. The lowest BCUT2D eigenvalue weighted by Crippen LogP contribution is -1.89. The summed E-state index contributed by atoms with van der Waals surface area (Å²) in [5.74, 6) is 1.65. The minimum atomic E-state index is 0.520. The fraction of sp³-hybridized carbons (Fsp3) is 0.167. The number of aryl methyl sites for hydroxylation is 1. The van der Waals surface area contributed by atoms with Gasteiger partial charge in [0.25, 0.3) is 0 Å². The predicted octanol–water partition coefficient (Wildman–Crippen LogP) is 2.92. The van der Waals surface area contributed by atoms with Crippen LogP contribution in [0.1, 0.15) is 5.89 Å². The van der Waals surface area contributed by atoms with Crippen LogP contribution in [-0.2, 0) is 12.8 Å². The molecular formula is C12H10BrN5OS. The number of halogens is 1. The van der Waals surface area contributed by atoms with Gasteiger partial charge in [-0.15, -0.1) is 20.4 Å². The van der Waals surface area contributed by atoms with Gasteiger partial charge in [0.15, 0.2) is 5.16 Å². The molecule has 2 heterocycles. The molecule has 0 aliphatic heterocycles. The second kappa shape index (κ2) is 5.76. The number of aromatic nitrogens is 5. The van der Waals surface area contributed by atoms with Crippen LogP contribution in [0.25, 0.3) is 11.5 Å². The molecule has 1 aromatic carbocycles. The maximum Gasteiger partial charge on any atom is 0.247 e. The van der Waals surface area contributed by atoms with Gasteiger partial charge in [-0.25, -0.2) is 0 Å². The normalized spacial score (nSPS) is 10.9. The van der Waals surface area contributed by atoms with Gasteiger partial charge in [0, 0.05) is 17.1 Å². The van der Waals surface area contributed by atoms with Gasteiger partial charge in [-0.3, -0.25) is 0 Å². The zero-order valence-corrected chi connectivity index (χ0v) is 12.9. The summed E-state index contributed by atoms with van der Waals surface area (Å²) in [5, 5.41) is 16.7. The third kappa shape index (κ3) is 2.91. The van der Waals surface area contributed by atoms with Crippen molar-refractivity contribution in [1.29, 1.82) is 0 Å². The van der Waals surface area contributed by atoms with Gasteiger partial charge < -0.3 is 8.98 Å². The van der Waals surface area contributed by atoms with E-state index in [-0.39, 0.29) is 0 Å². The Hall–Kier alpha value is -1.67. The lowest BCUT2D eigenvalue weighted by molar-refractivity contribution is 0.528. The van der Waals surface area contributed by atoms with Crippen LogP contribution in [0.5, 0.6) is 0 Å². The van der Waals surface area contributed by atoms with Crippen LogP contribution in [0.2, 0.25) is 0 Å². The van der Waals surface area contributed by atoms with Crippen LogP contribution in [0.3, 0.4) is 0 Å². The van der Waals surface area contributed by atoms with Crippen molar-refractivity contribution in [3.8, 4) is 11.5 Å². The van der Waals surface area contributed by atoms with Crippen LogP contribution in [-0.4, -0.2) is 25.0 Å². The van der Waals surface area contributed by atoms with Crippen LogP contribution in [0, 0.1) is 0 Å². The lowest BCUT2D eigenvalue weighted by Gasteiger charge is -1.96. The van der Waals surface area contributed by atoms with Gasteiger partial charge in [-0.05, 0) is 24.3 Å². The smallest absolute Gasteiger partial charge is 0.247 e. The standard InChI is InChI=1S/C12H10BrN5OS/c1-18-7-14-17-12(18)20-6-10-15-16-11(19-10)8-2-4-9(13)5-3-8/h2-5,7H,6H2,1H3. The van der Waals surface area contributed by atoms with Crippen LogP contribution in [0.15, 0.2) is 44.6 Å². The Balaban J connectivity index is 1.71. The van der Waals surface area contributed by atoms with Gasteiger partial charge in [0.1, 0.15) is 6.33 Å². The number of nitrogens with zero attached hydrogens (tertiary/aromatic N) is 5. The van der Waals surface area contributed by atoms with E-state index < -0.39 is 0 Å². The summed E-state index contributed by atoms with van der Waals surface area (Å²) >= 11 is 4.90. The Morgan fingerprint density at radius 3 is 2.70 bits per heavy atom. The maximum atomic E-state index is 5.63. The van der Waals surface area contributed by atoms with Crippen molar-refractivity contribution in [1.82, 2.24) is 25.0 Å². The molecule has 8 heteroatoms. The van der Waals surface area contributed by atoms with E-state index in [2.05, 4.69) is 36.3 Å². The fourth-order valence-electron chi connectivity index (χ4n) is 1.55. The molecule has 6 nitrogen and oxygen atoms in total. The van der Waals surface area contributed by atoms with E-state index in [0.29, 0.717) is 17.5 Å². The molecule has 0 fully saturated rings. The monoisotopic (exact) mass is 351 g/mol. The van der Waals surface area contributed by atoms with Crippen molar-refractivity contribution in [2.24, 2.45) is 7.05 Å². The summed E-state index contributed by atoms with van der Waals surface area (Å²) in [7, 11) is 1.89. The third-order valence-electron chi connectivity index (χ3n) is 2.55. The molecule has 3 rings (SSSR count). The molecule has 102 valence electrons. The molecule has 0 spiro atoms. The molecule has 20 heavy (non-hydrogen) atoms. The van der Waals surface area contributed by atoms with E-state index in [4.69, 9.17) is 4.42 Å². The van der Waals surface area contributed by atoms with E-state index in [1.54, 1.807) is 6.33 Å². The molecule has 0 atom stereocenters. The number of thioether (sulfide) groups is 1. The third-order valence-corrected chi connectivity index (χ3v) is 4.10. The van der Waals surface area contributed by atoms with E-state index >= 15 is 0 Å². The van der Waals surface area contributed by atoms with Crippen molar-refractivity contribution < 1.29 is 4.42 Å². The minimum Gasteiger partial charge on any atom is -0.420 e. The summed E-state index contributed by atoms with van der Waals surface area (Å²) in [5.41, 5.74) is 0.899. The average molecular weight is 352 g/mol. The second-order valence-corrected chi connectivity index (χ2v) is 5.88. The first kappa shape index (κ1) is 13.3. The SMILES string of the molecule is Cn1cnnc1SCc1nnc(-c2ccc(Br)cc2)o1. The van der Waals surface area contributed by atoms with Gasteiger partial charge >= 0.3 is 0 Å². The number of rotatable bonds is 4. The van der Waals surface area contributed by atoms with Crippen LogP contribution >= 0.6 is 27.7 Å². The molecule has 0 unspecified atom stereocenters. The molecule has 3 aromatic rings. The van der Waals surface area contributed by atoms with Gasteiger partial charge in [-0.1, -0.05) is 27.7 Å². The molecule has 0 amide bonds. The highest BCUT2D eigenvalue weighted by Crippen LogP contribution is 2.23. The molecule has 0 aliphatic carbocycles. The second-order valence-electron chi connectivity index (χ2n) is 4.02. The van der Waals surface area contributed by atoms with E-state index in [1.807, 2.05) is 35.9 Å². The Morgan fingerprint density at radius 2 is 2.00 bits per heavy atom. The average Bonchev–Trinajstić information content (AvgIpc) is 3.06. The first-order valence-electron chi connectivity index (χ1n) is 5.77. The van der Waals surface area contributed by atoms with Crippen molar-refractivity contribution in [3.05, 3.63) is 41.0 Å². The minimum absolute atomic E-state index is 0.520. The number of benzene rings is 1.